The highest BCUT2D eigenvalue weighted by Gasteiger charge is 2.15. The van der Waals surface area contributed by atoms with Crippen molar-refractivity contribution in [3.63, 3.8) is 0 Å². The van der Waals surface area contributed by atoms with Crippen molar-refractivity contribution in [2.24, 2.45) is 5.84 Å². The highest BCUT2D eigenvalue weighted by Crippen LogP contribution is 2.35. The molecule has 4 rings (SSSR count). The lowest BCUT2D eigenvalue weighted by molar-refractivity contribution is 0.475. The first-order valence-corrected chi connectivity index (χ1v) is 9.33. The van der Waals surface area contributed by atoms with Gasteiger partial charge in [0.2, 0.25) is 0 Å². The monoisotopic (exact) mass is 385 g/mol. The van der Waals surface area contributed by atoms with E-state index in [9.17, 15) is 5.11 Å². The first-order chi connectivity index (χ1) is 14.0. The molecule has 0 aliphatic rings. The molecule has 1 aromatic heterocycles. The van der Waals surface area contributed by atoms with Gasteiger partial charge in [0.25, 0.3) is 0 Å². The zero-order valence-corrected chi connectivity index (χ0v) is 16.2. The molecule has 0 spiro atoms. The van der Waals surface area contributed by atoms with E-state index in [4.69, 9.17) is 11.6 Å². The minimum atomic E-state index is 0.144. The van der Waals surface area contributed by atoms with E-state index in [2.05, 4.69) is 17.2 Å². The summed E-state index contributed by atoms with van der Waals surface area (Å²) >= 11 is 0. The summed E-state index contributed by atoms with van der Waals surface area (Å²) in [5.74, 6) is 6.50. The smallest absolute Gasteiger partial charge is 0.117 e. The molecule has 0 aliphatic heterocycles. The van der Waals surface area contributed by atoms with Crippen LogP contribution in [-0.2, 0) is 6.54 Å². The van der Waals surface area contributed by atoms with Crippen LogP contribution in [0.2, 0.25) is 0 Å². The number of hydrogen-bond acceptors (Lipinski definition) is 5. The lowest BCUT2D eigenvalue weighted by atomic mass is 10.0. The molecule has 0 aliphatic carbocycles. The Balaban J connectivity index is 1.74. The molecule has 0 unspecified atom stereocenters. The molecule has 146 valence electrons. The molecule has 1 heterocycles. The third-order valence-corrected chi connectivity index (χ3v) is 4.92. The van der Waals surface area contributed by atoms with Crippen LogP contribution >= 0.6 is 0 Å². The molecule has 4 aromatic rings. The van der Waals surface area contributed by atoms with E-state index in [0.29, 0.717) is 23.6 Å². The van der Waals surface area contributed by atoms with Crippen LogP contribution in [0, 0.1) is 6.92 Å². The number of benzene rings is 3. The quantitative estimate of drug-likeness (QED) is 0.272. The molecule has 3 aromatic carbocycles. The summed E-state index contributed by atoms with van der Waals surface area (Å²) in [7, 11) is 0. The van der Waals surface area contributed by atoms with Crippen molar-refractivity contribution in [2.45, 2.75) is 13.5 Å². The van der Waals surface area contributed by atoms with Gasteiger partial charge in [0.05, 0.1) is 29.3 Å². The van der Waals surface area contributed by atoms with Crippen LogP contribution < -0.4 is 16.6 Å². The number of phenolic OH excluding ortho intramolecular Hbond substituents is 1. The van der Waals surface area contributed by atoms with Crippen molar-refractivity contribution in [1.82, 2.24) is 9.78 Å². The molecule has 29 heavy (non-hydrogen) atoms. The molecular weight excluding hydrogens is 362 g/mol. The Morgan fingerprint density at radius 3 is 2.55 bits per heavy atom. The Hall–Kier alpha value is -3.77. The van der Waals surface area contributed by atoms with E-state index in [1.165, 1.54) is 10.6 Å². The van der Waals surface area contributed by atoms with Gasteiger partial charge in [-0.1, -0.05) is 36.4 Å². The largest absolute Gasteiger partial charge is 0.508 e. The van der Waals surface area contributed by atoms with Crippen LogP contribution in [0.5, 0.6) is 5.75 Å². The second-order valence-corrected chi connectivity index (χ2v) is 6.98. The number of anilines is 3. The number of hydrazine groups is 1. The lowest BCUT2D eigenvalue weighted by Crippen LogP contribution is -2.26. The first-order valence-electron chi connectivity index (χ1n) is 9.33. The molecule has 0 amide bonds. The molecular formula is C23H23N5O. The van der Waals surface area contributed by atoms with Gasteiger partial charge in [0, 0.05) is 17.8 Å². The van der Waals surface area contributed by atoms with Gasteiger partial charge >= 0.3 is 0 Å². The molecule has 0 radical (unpaired) electrons. The second-order valence-electron chi connectivity index (χ2n) is 6.98. The number of rotatable bonds is 5. The van der Waals surface area contributed by atoms with E-state index in [1.807, 2.05) is 54.1 Å². The Morgan fingerprint density at radius 2 is 1.79 bits per heavy atom. The van der Waals surface area contributed by atoms with Gasteiger partial charge in [-0.2, -0.15) is 5.10 Å². The van der Waals surface area contributed by atoms with E-state index < -0.39 is 0 Å². The summed E-state index contributed by atoms with van der Waals surface area (Å²) < 4.78 is 1.96. The number of aromatic nitrogens is 2. The summed E-state index contributed by atoms with van der Waals surface area (Å²) in [6.45, 7) is 2.62. The topological polar surface area (TPSA) is 93.3 Å². The van der Waals surface area contributed by atoms with Crippen molar-refractivity contribution in [1.29, 1.82) is 0 Å². The SMILES string of the molecule is Cc1cc(-c2ccnn2Cc2ccccc2)cc(N(N)c2cccc(O)c2)c1N. The maximum absolute atomic E-state index is 9.79. The van der Waals surface area contributed by atoms with Crippen molar-refractivity contribution >= 4 is 17.1 Å². The van der Waals surface area contributed by atoms with E-state index >= 15 is 0 Å². The zero-order chi connectivity index (χ0) is 20.4. The molecule has 0 bridgehead atoms. The van der Waals surface area contributed by atoms with Crippen molar-refractivity contribution in [3.8, 4) is 17.0 Å². The number of nitrogen functional groups attached to an aromatic ring is 1. The van der Waals surface area contributed by atoms with Gasteiger partial charge in [0.15, 0.2) is 0 Å². The normalized spacial score (nSPS) is 10.8. The Bertz CT molecular complexity index is 1140. The van der Waals surface area contributed by atoms with Gasteiger partial charge in [-0.25, -0.2) is 5.84 Å². The van der Waals surface area contributed by atoms with Crippen molar-refractivity contribution in [3.05, 3.63) is 90.1 Å². The third kappa shape index (κ3) is 3.79. The van der Waals surface area contributed by atoms with Crippen LogP contribution in [0.15, 0.2) is 79.0 Å². The summed E-state index contributed by atoms with van der Waals surface area (Å²) in [4.78, 5) is 0. The Labute approximate surface area is 169 Å². The van der Waals surface area contributed by atoms with Crippen molar-refractivity contribution < 1.29 is 5.11 Å². The van der Waals surface area contributed by atoms with E-state index in [-0.39, 0.29) is 5.75 Å². The predicted octanol–water partition coefficient (Wildman–Crippen LogP) is 4.21. The molecule has 0 saturated heterocycles. The fraction of sp³-hybridized carbons (Fsp3) is 0.0870. The van der Waals surface area contributed by atoms with Crippen LogP contribution in [0.4, 0.5) is 17.1 Å². The van der Waals surface area contributed by atoms with Crippen LogP contribution in [0.25, 0.3) is 11.3 Å². The number of aryl methyl sites for hydroxylation is 1. The molecule has 0 atom stereocenters. The zero-order valence-electron chi connectivity index (χ0n) is 16.2. The lowest BCUT2D eigenvalue weighted by Gasteiger charge is -2.23. The molecule has 6 heteroatoms. The average Bonchev–Trinajstić information content (AvgIpc) is 3.18. The maximum Gasteiger partial charge on any atom is 0.117 e. The fourth-order valence-electron chi connectivity index (χ4n) is 3.37. The Kier molecular flexibility index (Phi) is 4.93. The minimum Gasteiger partial charge on any atom is -0.508 e. The Morgan fingerprint density at radius 1 is 1.00 bits per heavy atom. The van der Waals surface area contributed by atoms with E-state index in [0.717, 1.165) is 16.8 Å². The van der Waals surface area contributed by atoms with Gasteiger partial charge in [0.1, 0.15) is 5.75 Å². The molecule has 5 N–H and O–H groups in total. The number of phenols is 1. The minimum absolute atomic E-state index is 0.144. The summed E-state index contributed by atoms with van der Waals surface area (Å²) in [5.41, 5.74) is 12.3. The van der Waals surface area contributed by atoms with Gasteiger partial charge in [-0.15, -0.1) is 0 Å². The van der Waals surface area contributed by atoms with Gasteiger partial charge < -0.3 is 10.8 Å². The van der Waals surface area contributed by atoms with Crippen molar-refractivity contribution in [2.75, 3.05) is 10.7 Å². The third-order valence-electron chi connectivity index (χ3n) is 4.92. The van der Waals surface area contributed by atoms with Gasteiger partial charge in [-0.3, -0.25) is 9.69 Å². The standard InChI is InChI=1S/C23H23N5O/c1-16-12-18(21-10-11-26-27(21)15-17-6-3-2-4-7-17)13-22(23(16)24)28(25)19-8-5-9-20(29)14-19/h2-14,29H,15,24-25H2,1H3. The number of hydrogen-bond donors (Lipinski definition) is 3. The highest BCUT2D eigenvalue weighted by molar-refractivity contribution is 5.82. The van der Waals surface area contributed by atoms with E-state index in [1.54, 1.807) is 24.4 Å². The summed E-state index contributed by atoms with van der Waals surface area (Å²) in [6, 6.07) is 22.9. The fourth-order valence-corrected chi connectivity index (χ4v) is 3.37. The summed E-state index contributed by atoms with van der Waals surface area (Å²) in [6.07, 6.45) is 1.79. The summed E-state index contributed by atoms with van der Waals surface area (Å²) in [5, 5.41) is 15.8. The number of nitrogens with two attached hydrogens (primary N) is 2. The average molecular weight is 385 g/mol. The highest BCUT2D eigenvalue weighted by atomic mass is 16.3. The maximum atomic E-state index is 9.79. The molecule has 0 fully saturated rings. The van der Waals surface area contributed by atoms with Crippen LogP contribution in [0.1, 0.15) is 11.1 Å². The number of aromatic hydroxyl groups is 1. The molecule has 6 nitrogen and oxygen atoms in total. The van der Waals surface area contributed by atoms with Crippen LogP contribution in [0.3, 0.4) is 0 Å². The van der Waals surface area contributed by atoms with Gasteiger partial charge in [-0.05, 0) is 48.4 Å². The predicted molar refractivity (Wildman–Crippen MR) is 117 cm³/mol. The second kappa shape index (κ2) is 7.69. The molecule has 0 saturated carbocycles. The van der Waals surface area contributed by atoms with Crippen LogP contribution in [-0.4, -0.2) is 14.9 Å². The first kappa shape index (κ1) is 18.6. The number of nitrogens with zero attached hydrogens (tertiary/aromatic N) is 3.